The lowest BCUT2D eigenvalue weighted by Gasteiger charge is -2.20. The van der Waals surface area contributed by atoms with E-state index in [2.05, 4.69) is 28.9 Å². The lowest BCUT2D eigenvalue weighted by Crippen LogP contribution is -2.30. The number of carboxylic acids is 1. The maximum atomic E-state index is 10.8. The summed E-state index contributed by atoms with van der Waals surface area (Å²) in [6.07, 6.45) is 0.955. The fourth-order valence-electron chi connectivity index (χ4n) is 1.74. The third-order valence-corrected chi connectivity index (χ3v) is 3.24. The Bertz CT molecular complexity index is 393. The summed E-state index contributed by atoms with van der Waals surface area (Å²) >= 11 is 3.52. The normalized spacial score (nSPS) is 10.8. The van der Waals surface area contributed by atoms with Crippen LogP contribution in [-0.4, -0.2) is 29.1 Å². The van der Waals surface area contributed by atoms with Gasteiger partial charge >= 0.3 is 5.97 Å². The van der Waals surface area contributed by atoms with Crippen LogP contribution in [0.1, 0.15) is 24.5 Å². The van der Waals surface area contributed by atoms with Crippen molar-refractivity contribution in [3.05, 3.63) is 33.8 Å². The first kappa shape index (κ1) is 14.2. The molecule has 0 atom stereocenters. The molecule has 0 radical (unpaired) electrons. The van der Waals surface area contributed by atoms with Gasteiger partial charge in [-0.25, -0.2) is 0 Å². The molecule has 0 heterocycles. The summed E-state index contributed by atoms with van der Waals surface area (Å²) in [6, 6.07) is 6.15. The molecule has 0 saturated heterocycles. The minimum absolute atomic E-state index is 0.0914. The van der Waals surface area contributed by atoms with Gasteiger partial charge in [0, 0.05) is 11.0 Å². The molecule has 0 aromatic heterocycles. The number of hydrogen-bond acceptors (Lipinski definition) is 2. The van der Waals surface area contributed by atoms with Crippen molar-refractivity contribution in [1.82, 2.24) is 4.90 Å². The molecule has 0 aliphatic carbocycles. The van der Waals surface area contributed by atoms with Gasteiger partial charge in [-0.15, -0.1) is 0 Å². The number of nitrogens with zero attached hydrogens (tertiary/aromatic N) is 1. The molecular formula is C13H18BrNO2. The number of halogens is 1. The predicted octanol–water partition coefficient (Wildman–Crippen LogP) is 3.05. The Hall–Kier alpha value is -0.870. The van der Waals surface area contributed by atoms with Crippen LogP contribution in [0.3, 0.4) is 0 Å². The van der Waals surface area contributed by atoms with Crippen molar-refractivity contribution >= 4 is 21.9 Å². The smallest absolute Gasteiger partial charge is 0.317 e. The summed E-state index contributed by atoms with van der Waals surface area (Å²) in [7, 11) is 0. The highest BCUT2D eigenvalue weighted by molar-refractivity contribution is 9.10. The highest BCUT2D eigenvalue weighted by Gasteiger charge is 2.11. The van der Waals surface area contributed by atoms with Crippen LogP contribution in [0.4, 0.5) is 0 Å². The van der Waals surface area contributed by atoms with Crippen molar-refractivity contribution in [2.45, 2.75) is 26.8 Å². The Morgan fingerprint density at radius 3 is 2.71 bits per heavy atom. The summed E-state index contributed by atoms with van der Waals surface area (Å²) in [5.41, 5.74) is 2.33. The standard InChI is InChI=1S/C13H18BrNO2/c1-3-6-15(9-13(16)17)8-11-5-4-10(2)7-12(11)14/h4-5,7H,3,6,8-9H2,1-2H3,(H,16,17). The van der Waals surface area contributed by atoms with E-state index < -0.39 is 5.97 Å². The van der Waals surface area contributed by atoms with Crippen molar-refractivity contribution in [2.75, 3.05) is 13.1 Å². The van der Waals surface area contributed by atoms with Gasteiger partial charge in [-0.05, 0) is 37.1 Å². The van der Waals surface area contributed by atoms with Crippen molar-refractivity contribution in [3.63, 3.8) is 0 Å². The number of aryl methyl sites for hydroxylation is 1. The summed E-state index contributed by atoms with van der Waals surface area (Å²) in [4.78, 5) is 12.7. The number of rotatable bonds is 6. The van der Waals surface area contributed by atoms with E-state index in [1.54, 1.807) is 0 Å². The first-order chi connectivity index (χ1) is 8.02. The van der Waals surface area contributed by atoms with Gasteiger partial charge in [-0.3, -0.25) is 9.69 Å². The molecule has 0 bridgehead atoms. The Labute approximate surface area is 111 Å². The SMILES string of the molecule is CCCN(CC(=O)O)Cc1ccc(C)cc1Br. The molecule has 0 unspecified atom stereocenters. The first-order valence-electron chi connectivity index (χ1n) is 5.72. The largest absolute Gasteiger partial charge is 0.480 e. The number of hydrogen-bond donors (Lipinski definition) is 1. The lowest BCUT2D eigenvalue weighted by atomic mass is 10.1. The minimum Gasteiger partial charge on any atom is -0.480 e. The Balaban J connectivity index is 2.74. The van der Waals surface area contributed by atoms with E-state index in [0.29, 0.717) is 6.54 Å². The topological polar surface area (TPSA) is 40.5 Å². The summed E-state index contributed by atoms with van der Waals surface area (Å²) < 4.78 is 1.05. The second-order valence-corrected chi connectivity index (χ2v) is 5.05. The average molecular weight is 300 g/mol. The van der Waals surface area contributed by atoms with E-state index in [9.17, 15) is 4.79 Å². The first-order valence-corrected chi connectivity index (χ1v) is 6.51. The lowest BCUT2D eigenvalue weighted by molar-refractivity contribution is -0.138. The van der Waals surface area contributed by atoms with Gasteiger partial charge in [-0.1, -0.05) is 35.0 Å². The van der Waals surface area contributed by atoms with E-state index in [1.807, 2.05) is 24.0 Å². The molecule has 1 aromatic rings. The summed E-state index contributed by atoms with van der Waals surface area (Å²) in [5, 5.41) is 8.85. The zero-order valence-corrected chi connectivity index (χ0v) is 11.8. The van der Waals surface area contributed by atoms with Crippen LogP contribution in [-0.2, 0) is 11.3 Å². The van der Waals surface area contributed by atoms with Crippen molar-refractivity contribution < 1.29 is 9.90 Å². The maximum Gasteiger partial charge on any atom is 0.317 e. The molecule has 1 N–H and O–H groups in total. The van der Waals surface area contributed by atoms with Crippen molar-refractivity contribution in [2.24, 2.45) is 0 Å². The fourth-order valence-corrected chi connectivity index (χ4v) is 2.36. The van der Waals surface area contributed by atoms with Gasteiger partial charge < -0.3 is 5.11 Å². The van der Waals surface area contributed by atoms with Gasteiger partial charge in [0.2, 0.25) is 0 Å². The number of aliphatic carboxylic acids is 1. The molecule has 0 saturated carbocycles. The number of benzene rings is 1. The quantitative estimate of drug-likeness (QED) is 0.878. The molecule has 0 spiro atoms. The Kier molecular flexibility index (Phi) is 5.65. The van der Waals surface area contributed by atoms with E-state index in [1.165, 1.54) is 5.56 Å². The summed E-state index contributed by atoms with van der Waals surface area (Å²) in [5.74, 6) is -0.776. The van der Waals surface area contributed by atoms with Gasteiger partial charge in [0.15, 0.2) is 0 Å². The fraction of sp³-hybridized carbons (Fsp3) is 0.462. The van der Waals surface area contributed by atoms with Gasteiger partial charge in [-0.2, -0.15) is 0 Å². The highest BCUT2D eigenvalue weighted by Crippen LogP contribution is 2.20. The Morgan fingerprint density at radius 1 is 1.47 bits per heavy atom. The molecule has 0 aliphatic rings. The predicted molar refractivity (Wildman–Crippen MR) is 72.1 cm³/mol. The van der Waals surface area contributed by atoms with Gasteiger partial charge in [0.05, 0.1) is 6.54 Å². The van der Waals surface area contributed by atoms with Gasteiger partial charge in [0.1, 0.15) is 0 Å². The molecule has 0 aliphatic heterocycles. The molecule has 0 fully saturated rings. The molecule has 17 heavy (non-hydrogen) atoms. The van der Waals surface area contributed by atoms with E-state index in [4.69, 9.17) is 5.11 Å². The van der Waals surface area contributed by atoms with E-state index >= 15 is 0 Å². The molecule has 94 valence electrons. The molecule has 0 amide bonds. The molecule has 1 rings (SSSR count). The van der Waals surface area contributed by atoms with Crippen LogP contribution in [0.5, 0.6) is 0 Å². The van der Waals surface area contributed by atoms with Crippen LogP contribution in [0.25, 0.3) is 0 Å². The van der Waals surface area contributed by atoms with E-state index in [0.717, 1.165) is 23.0 Å². The zero-order valence-electron chi connectivity index (χ0n) is 10.2. The molecule has 1 aromatic carbocycles. The van der Waals surface area contributed by atoms with Crippen LogP contribution >= 0.6 is 15.9 Å². The molecular weight excluding hydrogens is 282 g/mol. The van der Waals surface area contributed by atoms with E-state index in [-0.39, 0.29) is 6.54 Å². The van der Waals surface area contributed by atoms with Crippen LogP contribution in [0, 0.1) is 6.92 Å². The second-order valence-electron chi connectivity index (χ2n) is 4.20. The monoisotopic (exact) mass is 299 g/mol. The molecule has 3 nitrogen and oxygen atoms in total. The second kappa shape index (κ2) is 6.77. The van der Waals surface area contributed by atoms with Crippen LogP contribution in [0.2, 0.25) is 0 Å². The average Bonchev–Trinajstić information content (AvgIpc) is 2.21. The van der Waals surface area contributed by atoms with Crippen molar-refractivity contribution in [1.29, 1.82) is 0 Å². The number of carboxylic acid groups (broad SMARTS) is 1. The summed E-state index contributed by atoms with van der Waals surface area (Å²) in [6.45, 7) is 5.65. The Morgan fingerprint density at radius 2 is 2.18 bits per heavy atom. The number of carbonyl (C=O) groups is 1. The third-order valence-electron chi connectivity index (χ3n) is 2.50. The molecule has 4 heteroatoms. The maximum absolute atomic E-state index is 10.8. The third kappa shape index (κ3) is 4.88. The van der Waals surface area contributed by atoms with Crippen LogP contribution in [0.15, 0.2) is 22.7 Å². The highest BCUT2D eigenvalue weighted by atomic mass is 79.9. The van der Waals surface area contributed by atoms with Crippen LogP contribution < -0.4 is 0 Å². The minimum atomic E-state index is -0.776. The van der Waals surface area contributed by atoms with Gasteiger partial charge in [0.25, 0.3) is 0 Å². The zero-order chi connectivity index (χ0) is 12.8. The van der Waals surface area contributed by atoms with Crippen molar-refractivity contribution in [3.8, 4) is 0 Å².